The van der Waals surface area contributed by atoms with Crippen LogP contribution in [-0.4, -0.2) is 20.3 Å². The molecule has 0 spiro atoms. The zero-order valence-corrected chi connectivity index (χ0v) is 10.2. The Morgan fingerprint density at radius 1 is 1.44 bits per heavy atom. The lowest BCUT2D eigenvalue weighted by Gasteiger charge is -2.10. The molecular weight excluding hydrogens is 248 g/mol. The highest BCUT2D eigenvalue weighted by atomic mass is 35.5. The Balaban J connectivity index is 2.95. The standard InChI is InChI=1S/C10H11ClN2O2S/c1-8(6-11)13-16(14,15)10-4-2-9(7-12)3-5-10/h2-5,8,13H,6H2,1H3. The number of rotatable bonds is 4. The van der Waals surface area contributed by atoms with Crippen LogP contribution in [-0.2, 0) is 10.0 Å². The van der Waals surface area contributed by atoms with E-state index in [4.69, 9.17) is 16.9 Å². The van der Waals surface area contributed by atoms with Gasteiger partial charge in [0.05, 0.1) is 16.5 Å². The van der Waals surface area contributed by atoms with Crippen LogP contribution in [0.1, 0.15) is 12.5 Å². The van der Waals surface area contributed by atoms with Crippen molar-refractivity contribution in [3.05, 3.63) is 29.8 Å². The van der Waals surface area contributed by atoms with E-state index in [0.29, 0.717) is 5.56 Å². The highest BCUT2D eigenvalue weighted by Crippen LogP contribution is 2.10. The second-order valence-electron chi connectivity index (χ2n) is 3.31. The van der Waals surface area contributed by atoms with Crippen LogP contribution in [0, 0.1) is 11.3 Å². The van der Waals surface area contributed by atoms with Crippen LogP contribution < -0.4 is 4.72 Å². The number of nitriles is 1. The molecular formula is C10H11ClN2O2S. The van der Waals surface area contributed by atoms with E-state index >= 15 is 0 Å². The van der Waals surface area contributed by atoms with Gasteiger partial charge in [-0.05, 0) is 31.2 Å². The smallest absolute Gasteiger partial charge is 0.207 e. The van der Waals surface area contributed by atoms with Gasteiger partial charge in [-0.25, -0.2) is 13.1 Å². The molecule has 1 aromatic carbocycles. The van der Waals surface area contributed by atoms with E-state index in [1.165, 1.54) is 24.3 Å². The molecule has 0 saturated carbocycles. The molecule has 0 bridgehead atoms. The monoisotopic (exact) mass is 258 g/mol. The fraction of sp³-hybridized carbons (Fsp3) is 0.300. The molecule has 0 aromatic heterocycles. The fourth-order valence-electron chi connectivity index (χ4n) is 1.07. The van der Waals surface area contributed by atoms with Crippen LogP contribution in [0.2, 0.25) is 0 Å². The van der Waals surface area contributed by atoms with Crippen molar-refractivity contribution in [1.29, 1.82) is 5.26 Å². The molecule has 86 valence electrons. The number of halogens is 1. The molecule has 4 nitrogen and oxygen atoms in total. The molecule has 1 aromatic rings. The normalized spacial score (nSPS) is 13.1. The number of nitrogens with one attached hydrogen (secondary N) is 1. The van der Waals surface area contributed by atoms with Gasteiger partial charge < -0.3 is 0 Å². The minimum atomic E-state index is -3.54. The van der Waals surface area contributed by atoms with Crippen molar-refractivity contribution >= 4 is 21.6 Å². The van der Waals surface area contributed by atoms with Crippen molar-refractivity contribution in [2.45, 2.75) is 17.9 Å². The van der Waals surface area contributed by atoms with Gasteiger partial charge in [-0.2, -0.15) is 5.26 Å². The molecule has 0 radical (unpaired) electrons. The summed E-state index contributed by atoms with van der Waals surface area (Å²) < 4.78 is 25.9. The van der Waals surface area contributed by atoms with Gasteiger partial charge in [0, 0.05) is 11.9 Å². The van der Waals surface area contributed by atoms with Gasteiger partial charge in [0.1, 0.15) is 0 Å². The number of hydrogen-bond donors (Lipinski definition) is 1. The first kappa shape index (κ1) is 13.0. The molecule has 1 N–H and O–H groups in total. The van der Waals surface area contributed by atoms with E-state index < -0.39 is 10.0 Å². The number of sulfonamides is 1. The molecule has 6 heteroatoms. The molecule has 0 fully saturated rings. The van der Waals surface area contributed by atoms with Gasteiger partial charge in [-0.15, -0.1) is 11.6 Å². The minimum Gasteiger partial charge on any atom is -0.207 e. The Morgan fingerprint density at radius 2 is 2.00 bits per heavy atom. The van der Waals surface area contributed by atoms with Crippen molar-refractivity contribution in [3.8, 4) is 6.07 Å². The molecule has 0 aliphatic carbocycles. The highest BCUT2D eigenvalue weighted by molar-refractivity contribution is 7.89. The first-order valence-corrected chi connectivity index (χ1v) is 6.60. The number of benzene rings is 1. The van der Waals surface area contributed by atoms with Crippen molar-refractivity contribution in [2.75, 3.05) is 5.88 Å². The summed E-state index contributed by atoms with van der Waals surface area (Å²) in [5.41, 5.74) is 0.421. The molecule has 1 rings (SSSR count). The molecule has 1 atom stereocenters. The predicted molar refractivity (Wildman–Crippen MR) is 61.7 cm³/mol. The molecule has 0 heterocycles. The van der Waals surface area contributed by atoms with E-state index in [9.17, 15) is 8.42 Å². The second kappa shape index (κ2) is 5.30. The van der Waals surface area contributed by atoms with Gasteiger partial charge >= 0.3 is 0 Å². The molecule has 0 amide bonds. The van der Waals surface area contributed by atoms with Crippen LogP contribution in [0.25, 0.3) is 0 Å². The number of hydrogen-bond acceptors (Lipinski definition) is 3. The predicted octanol–water partition coefficient (Wildman–Crippen LogP) is 1.46. The summed E-state index contributed by atoms with van der Waals surface area (Å²) in [6, 6.07) is 7.29. The summed E-state index contributed by atoms with van der Waals surface area (Å²) >= 11 is 5.52. The third-order valence-corrected chi connectivity index (χ3v) is 3.95. The van der Waals surface area contributed by atoms with Crippen LogP contribution in [0.3, 0.4) is 0 Å². The summed E-state index contributed by atoms with van der Waals surface area (Å²) in [7, 11) is -3.54. The molecule has 1 unspecified atom stereocenters. The maximum Gasteiger partial charge on any atom is 0.240 e. The summed E-state index contributed by atoms with van der Waals surface area (Å²) in [6.07, 6.45) is 0. The van der Waals surface area contributed by atoms with Crippen LogP contribution in [0.5, 0.6) is 0 Å². The van der Waals surface area contributed by atoms with E-state index in [-0.39, 0.29) is 16.8 Å². The Hall–Kier alpha value is -1.09. The van der Waals surface area contributed by atoms with Gasteiger partial charge in [0.15, 0.2) is 0 Å². The number of alkyl halides is 1. The van der Waals surface area contributed by atoms with Gasteiger partial charge in [0.2, 0.25) is 10.0 Å². The molecule has 16 heavy (non-hydrogen) atoms. The first-order valence-electron chi connectivity index (χ1n) is 4.58. The molecule has 0 aliphatic heterocycles. The largest absolute Gasteiger partial charge is 0.240 e. The van der Waals surface area contributed by atoms with Gasteiger partial charge in [0.25, 0.3) is 0 Å². The summed E-state index contributed by atoms with van der Waals surface area (Å²) in [5, 5.41) is 8.58. The van der Waals surface area contributed by atoms with Crippen LogP contribution in [0.15, 0.2) is 29.2 Å². The molecule has 0 saturated heterocycles. The van der Waals surface area contributed by atoms with Crippen molar-refractivity contribution in [1.82, 2.24) is 4.72 Å². The summed E-state index contributed by atoms with van der Waals surface area (Å²) in [5.74, 6) is 0.204. The average molecular weight is 259 g/mol. The first-order chi connectivity index (χ1) is 7.49. The van der Waals surface area contributed by atoms with Crippen LogP contribution >= 0.6 is 11.6 Å². The van der Waals surface area contributed by atoms with E-state index in [0.717, 1.165) is 0 Å². The van der Waals surface area contributed by atoms with E-state index in [1.54, 1.807) is 6.92 Å². The van der Waals surface area contributed by atoms with Gasteiger partial charge in [-0.1, -0.05) is 0 Å². The Kier molecular flexibility index (Phi) is 4.30. The topological polar surface area (TPSA) is 70.0 Å². The van der Waals surface area contributed by atoms with Gasteiger partial charge in [-0.3, -0.25) is 0 Å². The molecule has 0 aliphatic rings. The van der Waals surface area contributed by atoms with Crippen molar-refractivity contribution in [3.63, 3.8) is 0 Å². The minimum absolute atomic E-state index is 0.128. The highest BCUT2D eigenvalue weighted by Gasteiger charge is 2.16. The second-order valence-corrected chi connectivity index (χ2v) is 5.34. The SMILES string of the molecule is CC(CCl)NS(=O)(=O)c1ccc(C#N)cc1. The third kappa shape index (κ3) is 3.20. The maximum atomic E-state index is 11.7. The Bertz CT molecular complexity index is 491. The zero-order valence-electron chi connectivity index (χ0n) is 8.64. The number of nitrogens with zero attached hydrogens (tertiary/aromatic N) is 1. The third-order valence-electron chi connectivity index (χ3n) is 1.88. The van der Waals surface area contributed by atoms with E-state index in [2.05, 4.69) is 4.72 Å². The van der Waals surface area contributed by atoms with Crippen LogP contribution in [0.4, 0.5) is 0 Å². The average Bonchev–Trinajstić information content (AvgIpc) is 2.28. The van der Waals surface area contributed by atoms with Crippen molar-refractivity contribution < 1.29 is 8.42 Å². The zero-order chi connectivity index (χ0) is 12.2. The Labute approximate surface area is 99.9 Å². The summed E-state index contributed by atoms with van der Waals surface area (Å²) in [6.45, 7) is 1.67. The fourth-order valence-corrected chi connectivity index (χ4v) is 2.49. The lowest BCUT2D eigenvalue weighted by Crippen LogP contribution is -2.33. The quantitative estimate of drug-likeness (QED) is 0.832. The van der Waals surface area contributed by atoms with Crippen molar-refractivity contribution in [2.24, 2.45) is 0 Å². The maximum absolute atomic E-state index is 11.7. The summed E-state index contributed by atoms with van der Waals surface area (Å²) in [4.78, 5) is 0.128. The lowest BCUT2D eigenvalue weighted by atomic mass is 10.2. The Morgan fingerprint density at radius 3 is 2.44 bits per heavy atom. The lowest BCUT2D eigenvalue weighted by molar-refractivity contribution is 0.570. The van der Waals surface area contributed by atoms with E-state index in [1.807, 2.05) is 6.07 Å².